The lowest BCUT2D eigenvalue weighted by Crippen LogP contribution is -2.10. The topological polar surface area (TPSA) is 66.8 Å². The fraction of sp³-hybridized carbons (Fsp3) is 0.625. The first-order valence-corrected chi connectivity index (χ1v) is 3.83. The van der Waals surface area contributed by atoms with Crippen molar-refractivity contribution in [2.75, 3.05) is 13.2 Å². The molecule has 12 heavy (non-hydrogen) atoms. The van der Waals surface area contributed by atoms with Gasteiger partial charge in [0, 0.05) is 6.08 Å². The Morgan fingerprint density at radius 1 is 1.67 bits per heavy atom. The van der Waals surface area contributed by atoms with Gasteiger partial charge in [0.25, 0.3) is 0 Å². The second kappa shape index (κ2) is 6.82. The van der Waals surface area contributed by atoms with Crippen LogP contribution in [-0.4, -0.2) is 35.5 Å². The molecule has 70 valence electrons. The first kappa shape index (κ1) is 11.1. The standard InChI is InChI=1S/C8H14O4/c1-2-12-8(11)5-3-4-7(10)6-9/h3,5,7,9-10H,2,4,6H2,1H3/t7-/m0/s1. The number of rotatable bonds is 5. The van der Waals surface area contributed by atoms with Crippen LogP contribution in [0.15, 0.2) is 12.2 Å². The maximum atomic E-state index is 10.7. The van der Waals surface area contributed by atoms with Crippen LogP contribution in [0.3, 0.4) is 0 Å². The highest BCUT2D eigenvalue weighted by Gasteiger charge is 1.98. The first-order valence-electron chi connectivity index (χ1n) is 3.83. The molecule has 0 aromatic heterocycles. The molecule has 2 N–H and O–H groups in total. The van der Waals surface area contributed by atoms with Crippen molar-refractivity contribution in [2.45, 2.75) is 19.4 Å². The lowest BCUT2D eigenvalue weighted by atomic mass is 10.2. The fourth-order valence-corrected chi connectivity index (χ4v) is 0.586. The number of carbonyl (C=O) groups excluding carboxylic acids is 1. The minimum absolute atomic E-state index is 0.259. The smallest absolute Gasteiger partial charge is 0.330 e. The molecule has 0 radical (unpaired) electrons. The minimum Gasteiger partial charge on any atom is -0.463 e. The molecule has 0 unspecified atom stereocenters. The molecule has 0 bridgehead atoms. The molecule has 0 aliphatic carbocycles. The Balaban J connectivity index is 3.54. The van der Waals surface area contributed by atoms with Crippen LogP contribution < -0.4 is 0 Å². The summed E-state index contributed by atoms with van der Waals surface area (Å²) in [4.78, 5) is 10.7. The summed E-state index contributed by atoms with van der Waals surface area (Å²) < 4.78 is 4.59. The summed E-state index contributed by atoms with van der Waals surface area (Å²) >= 11 is 0. The number of carbonyl (C=O) groups is 1. The summed E-state index contributed by atoms with van der Waals surface area (Å²) in [5.41, 5.74) is 0. The molecular weight excluding hydrogens is 160 g/mol. The van der Waals surface area contributed by atoms with E-state index in [9.17, 15) is 4.79 Å². The molecule has 0 aliphatic rings. The molecule has 0 aliphatic heterocycles. The minimum atomic E-state index is -0.796. The van der Waals surface area contributed by atoms with E-state index in [0.29, 0.717) is 6.61 Å². The largest absolute Gasteiger partial charge is 0.463 e. The molecule has 0 rings (SSSR count). The van der Waals surface area contributed by atoms with E-state index in [1.807, 2.05) is 0 Å². The van der Waals surface area contributed by atoms with Crippen LogP contribution in [0.1, 0.15) is 13.3 Å². The van der Waals surface area contributed by atoms with E-state index in [-0.39, 0.29) is 13.0 Å². The summed E-state index contributed by atoms with van der Waals surface area (Å²) in [6.45, 7) is 1.76. The van der Waals surface area contributed by atoms with Gasteiger partial charge in [0.1, 0.15) is 0 Å². The predicted octanol–water partition coefficient (Wildman–Crippen LogP) is -0.151. The van der Waals surface area contributed by atoms with E-state index >= 15 is 0 Å². The Morgan fingerprint density at radius 2 is 2.33 bits per heavy atom. The molecule has 4 nitrogen and oxygen atoms in total. The summed E-state index contributed by atoms with van der Waals surface area (Å²) in [6, 6.07) is 0. The number of hydrogen-bond acceptors (Lipinski definition) is 4. The van der Waals surface area contributed by atoms with Gasteiger partial charge in [-0.1, -0.05) is 6.08 Å². The Hall–Kier alpha value is -0.870. The van der Waals surface area contributed by atoms with Crippen molar-refractivity contribution in [1.82, 2.24) is 0 Å². The molecule has 0 saturated heterocycles. The normalized spacial score (nSPS) is 13.2. The molecule has 0 aromatic carbocycles. The zero-order valence-electron chi connectivity index (χ0n) is 7.06. The highest BCUT2D eigenvalue weighted by Crippen LogP contribution is 1.92. The van der Waals surface area contributed by atoms with E-state index in [2.05, 4.69) is 4.74 Å². The molecule has 0 aromatic rings. The van der Waals surface area contributed by atoms with Gasteiger partial charge in [-0.15, -0.1) is 0 Å². The lowest BCUT2D eigenvalue weighted by molar-refractivity contribution is -0.137. The zero-order valence-corrected chi connectivity index (χ0v) is 7.06. The van der Waals surface area contributed by atoms with Crippen molar-refractivity contribution in [2.24, 2.45) is 0 Å². The van der Waals surface area contributed by atoms with Crippen molar-refractivity contribution in [3.05, 3.63) is 12.2 Å². The van der Waals surface area contributed by atoms with E-state index in [0.717, 1.165) is 0 Å². The maximum Gasteiger partial charge on any atom is 0.330 e. The van der Waals surface area contributed by atoms with Crippen molar-refractivity contribution >= 4 is 5.97 Å². The van der Waals surface area contributed by atoms with E-state index in [1.165, 1.54) is 12.2 Å². The third kappa shape index (κ3) is 5.88. The van der Waals surface area contributed by atoms with Gasteiger partial charge in [0.15, 0.2) is 0 Å². The Morgan fingerprint density at radius 3 is 2.83 bits per heavy atom. The van der Waals surface area contributed by atoms with Gasteiger partial charge in [-0.3, -0.25) is 0 Å². The Labute approximate surface area is 71.5 Å². The Kier molecular flexibility index (Phi) is 6.32. The molecule has 0 amide bonds. The summed E-state index contributed by atoms with van der Waals surface area (Å²) in [7, 11) is 0. The quantitative estimate of drug-likeness (QED) is 0.449. The first-order chi connectivity index (χ1) is 5.70. The highest BCUT2D eigenvalue weighted by atomic mass is 16.5. The van der Waals surface area contributed by atoms with Crippen molar-refractivity contribution < 1.29 is 19.7 Å². The number of aliphatic hydroxyl groups is 2. The summed E-state index contributed by atoms with van der Waals surface area (Å²) in [5, 5.41) is 17.3. The van der Waals surface area contributed by atoms with E-state index in [1.54, 1.807) is 6.92 Å². The van der Waals surface area contributed by atoms with Gasteiger partial charge in [0.2, 0.25) is 0 Å². The summed E-state index contributed by atoms with van der Waals surface area (Å²) in [5.74, 6) is -0.428. The van der Waals surface area contributed by atoms with Gasteiger partial charge < -0.3 is 14.9 Å². The van der Waals surface area contributed by atoms with Crippen LogP contribution in [0.4, 0.5) is 0 Å². The zero-order chi connectivity index (χ0) is 9.40. The maximum absolute atomic E-state index is 10.7. The van der Waals surface area contributed by atoms with Crippen LogP contribution in [0.5, 0.6) is 0 Å². The number of ether oxygens (including phenoxy) is 1. The number of hydrogen-bond donors (Lipinski definition) is 2. The molecule has 0 heterocycles. The van der Waals surface area contributed by atoms with Crippen LogP contribution >= 0.6 is 0 Å². The third-order valence-corrected chi connectivity index (χ3v) is 1.16. The average molecular weight is 174 g/mol. The van der Waals surface area contributed by atoms with Crippen molar-refractivity contribution in [3.8, 4) is 0 Å². The van der Waals surface area contributed by atoms with Crippen LogP contribution in [-0.2, 0) is 9.53 Å². The number of aliphatic hydroxyl groups excluding tert-OH is 2. The van der Waals surface area contributed by atoms with Gasteiger partial charge >= 0.3 is 5.97 Å². The highest BCUT2D eigenvalue weighted by molar-refractivity contribution is 5.81. The van der Waals surface area contributed by atoms with Gasteiger partial charge in [0.05, 0.1) is 19.3 Å². The molecular formula is C8H14O4. The molecule has 4 heteroatoms. The molecule has 0 spiro atoms. The van der Waals surface area contributed by atoms with Crippen molar-refractivity contribution in [1.29, 1.82) is 0 Å². The Bertz CT molecular complexity index is 153. The van der Waals surface area contributed by atoms with E-state index < -0.39 is 12.1 Å². The SMILES string of the molecule is CCOC(=O)C=CC[C@H](O)CO. The monoisotopic (exact) mass is 174 g/mol. The molecule has 0 fully saturated rings. The van der Waals surface area contributed by atoms with Crippen LogP contribution in [0.2, 0.25) is 0 Å². The van der Waals surface area contributed by atoms with Gasteiger partial charge in [-0.25, -0.2) is 4.79 Å². The number of esters is 1. The second-order valence-electron chi connectivity index (χ2n) is 2.23. The van der Waals surface area contributed by atoms with E-state index in [4.69, 9.17) is 10.2 Å². The van der Waals surface area contributed by atoms with Crippen LogP contribution in [0, 0.1) is 0 Å². The fourth-order valence-electron chi connectivity index (χ4n) is 0.586. The van der Waals surface area contributed by atoms with Gasteiger partial charge in [-0.05, 0) is 13.3 Å². The predicted molar refractivity (Wildman–Crippen MR) is 43.5 cm³/mol. The van der Waals surface area contributed by atoms with Crippen LogP contribution in [0.25, 0.3) is 0 Å². The van der Waals surface area contributed by atoms with Crippen molar-refractivity contribution in [3.63, 3.8) is 0 Å². The average Bonchev–Trinajstić information content (AvgIpc) is 2.04. The molecule has 1 atom stereocenters. The molecule has 0 saturated carbocycles. The van der Waals surface area contributed by atoms with Gasteiger partial charge in [-0.2, -0.15) is 0 Å². The second-order valence-corrected chi connectivity index (χ2v) is 2.23. The third-order valence-electron chi connectivity index (χ3n) is 1.16. The summed E-state index contributed by atoms with van der Waals surface area (Å²) in [6.07, 6.45) is 2.17. The lowest BCUT2D eigenvalue weighted by Gasteiger charge is -2.00.